The Kier molecular flexibility index (Phi) is 5.61. The molecule has 0 radical (unpaired) electrons. The lowest BCUT2D eigenvalue weighted by Gasteiger charge is -2.24. The van der Waals surface area contributed by atoms with E-state index in [2.05, 4.69) is 10.1 Å². The summed E-state index contributed by atoms with van der Waals surface area (Å²) in [6, 6.07) is 6.75. The normalized spacial score (nSPS) is 19.8. The molecule has 0 saturated carbocycles. The van der Waals surface area contributed by atoms with Crippen molar-refractivity contribution in [3.63, 3.8) is 0 Å². The Hall–Kier alpha value is -0.910. The first-order chi connectivity index (χ1) is 7.75. The SMILES string of the molecule is Cl.FC(F)Oc1ccc([C@H]2COCCN2)cc1. The minimum Gasteiger partial charge on any atom is -0.435 e. The number of benzene rings is 1. The van der Waals surface area contributed by atoms with Crippen LogP contribution in [0.15, 0.2) is 24.3 Å². The molecule has 1 aliphatic heterocycles. The summed E-state index contributed by atoms with van der Waals surface area (Å²) in [4.78, 5) is 0. The number of ether oxygens (including phenoxy) is 2. The third-order valence-electron chi connectivity index (χ3n) is 2.43. The van der Waals surface area contributed by atoms with E-state index in [0.29, 0.717) is 13.2 Å². The number of halogens is 3. The fourth-order valence-corrected chi connectivity index (χ4v) is 1.66. The molecule has 1 fully saturated rings. The number of hydrogen-bond acceptors (Lipinski definition) is 3. The van der Waals surface area contributed by atoms with Gasteiger partial charge in [-0.15, -0.1) is 12.4 Å². The van der Waals surface area contributed by atoms with E-state index >= 15 is 0 Å². The molecule has 1 N–H and O–H groups in total. The quantitative estimate of drug-likeness (QED) is 0.910. The van der Waals surface area contributed by atoms with Crippen LogP contribution >= 0.6 is 12.4 Å². The topological polar surface area (TPSA) is 30.5 Å². The van der Waals surface area contributed by atoms with E-state index in [9.17, 15) is 8.78 Å². The van der Waals surface area contributed by atoms with Gasteiger partial charge < -0.3 is 14.8 Å². The highest BCUT2D eigenvalue weighted by atomic mass is 35.5. The van der Waals surface area contributed by atoms with Gasteiger partial charge in [-0.2, -0.15) is 8.78 Å². The van der Waals surface area contributed by atoms with E-state index in [1.807, 2.05) is 0 Å². The predicted octanol–water partition coefficient (Wildman–Crippen LogP) is 2.37. The Balaban J connectivity index is 0.00000144. The van der Waals surface area contributed by atoms with Crippen LogP contribution in [0.25, 0.3) is 0 Å². The van der Waals surface area contributed by atoms with Gasteiger partial charge >= 0.3 is 6.61 Å². The van der Waals surface area contributed by atoms with Gasteiger partial charge in [0.25, 0.3) is 0 Å². The van der Waals surface area contributed by atoms with Crippen molar-refractivity contribution in [3.8, 4) is 5.75 Å². The van der Waals surface area contributed by atoms with Gasteiger partial charge in [-0.05, 0) is 17.7 Å². The molecule has 0 amide bonds. The summed E-state index contributed by atoms with van der Waals surface area (Å²) in [5.41, 5.74) is 1.02. The monoisotopic (exact) mass is 265 g/mol. The smallest absolute Gasteiger partial charge is 0.387 e. The molecular formula is C11H14ClF2NO2. The first-order valence-corrected chi connectivity index (χ1v) is 5.11. The van der Waals surface area contributed by atoms with Crippen molar-refractivity contribution in [2.75, 3.05) is 19.8 Å². The van der Waals surface area contributed by atoms with Gasteiger partial charge in [0.15, 0.2) is 0 Å². The summed E-state index contributed by atoms with van der Waals surface area (Å²) in [6.45, 7) is -0.653. The highest BCUT2D eigenvalue weighted by molar-refractivity contribution is 5.85. The summed E-state index contributed by atoms with van der Waals surface area (Å²) >= 11 is 0. The molecule has 17 heavy (non-hydrogen) atoms. The number of morpholine rings is 1. The van der Waals surface area contributed by atoms with Crippen molar-refractivity contribution in [1.29, 1.82) is 0 Å². The summed E-state index contributed by atoms with van der Waals surface area (Å²) in [5.74, 6) is 0.176. The highest BCUT2D eigenvalue weighted by Gasteiger charge is 2.15. The Morgan fingerprint density at radius 2 is 2.00 bits per heavy atom. The average molecular weight is 266 g/mol. The van der Waals surface area contributed by atoms with E-state index in [0.717, 1.165) is 12.1 Å². The van der Waals surface area contributed by atoms with Crippen molar-refractivity contribution in [1.82, 2.24) is 5.32 Å². The van der Waals surface area contributed by atoms with Gasteiger partial charge in [0.2, 0.25) is 0 Å². The van der Waals surface area contributed by atoms with Crippen LogP contribution in [0, 0.1) is 0 Å². The zero-order valence-electron chi connectivity index (χ0n) is 9.07. The average Bonchev–Trinajstić information content (AvgIpc) is 2.30. The second-order valence-corrected chi connectivity index (χ2v) is 3.53. The standard InChI is InChI=1S/C11H13F2NO2.ClH/c12-11(13)16-9-3-1-8(2-4-9)10-7-15-6-5-14-10;/h1-4,10-11,14H,5-7H2;1H/t10-;/m1./s1. The van der Waals surface area contributed by atoms with Crippen LogP contribution < -0.4 is 10.1 Å². The van der Waals surface area contributed by atoms with Gasteiger partial charge in [0, 0.05) is 6.54 Å². The maximum absolute atomic E-state index is 11.9. The number of alkyl halides is 2. The van der Waals surface area contributed by atoms with Crippen molar-refractivity contribution in [2.45, 2.75) is 12.7 Å². The van der Waals surface area contributed by atoms with Crippen LogP contribution in [-0.4, -0.2) is 26.4 Å². The molecule has 1 atom stereocenters. The molecule has 1 saturated heterocycles. The van der Waals surface area contributed by atoms with E-state index < -0.39 is 6.61 Å². The Labute approximate surface area is 105 Å². The molecule has 96 valence electrons. The van der Waals surface area contributed by atoms with Crippen LogP contribution in [0.1, 0.15) is 11.6 Å². The summed E-state index contributed by atoms with van der Waals surface area (Å²) in [5, 5.41) is 3.28. The lowest BCUT2D eigenvalue weighted by atomic mass is 10.1. The fraction of sp³-hybridized carbons (Fsp3) is 0.455. The molecule has 1 aromatic carbocycles. The van der Waals surface area contributed by atoms with Crippen LogP contribution in [0.5, 0.6) is 5.75 Å². The zero-order valence-corrected chi connectivity index (χ0v) is 9.88. The van der Waals surface area contributed by atoms with Crippen molar-refractivity contribution >= 4 is 12.4 Å². The van der Waals surface area contributed by atoms with Gasteiger partial charge in [0.1, 0.15) is 5.75 Å². The van der Waals surface area contributed by atoms with Crippen LogP contribution in [0.2, 0.25) is 0 Å². The fourth-order valence-electron chi connectivity index (χ4n) is 1.66. The first kappa shape index (κ1) is 14.2. The van der Waals surface area contributed by atoms with Gasteiger partial charge in [-0.25, -0.2) is 0 Å². The molecule has 3 nitrogen and oxygen atoms in total. The molecular weight excluding hydrogens is 252 g/mol. The Bertz CT molecular complexity index is 329. The lowest BCUT2D eigenvalue weighted by Crippen LogP contribution is -2.34. The molecule has 0 aromatic heterocycles. The third-order valence-corrected chi connectivity index (χ3v) is 2.43. The Morgan fingerprint density at radius 3 is 2.53 bits per heavy atom. The molecule has 2 rings (SSSR count). The largest absolute Gasteiger partial charge is 0.435 e. The number of nitrogens with one attached hydrogen (secondary N) is 1. The van der Waals surface area contributed by atoms with Crippen LogP contribution in [0.4, 0.5) is 8.78 Å². The van der Waals surface area contributed by atoms with Crippen molar-refractivity contribution in [2.24, 2.45) is 0 Å². The zero-order chi connectivity index (χ0) is 11.4. The summed E-state index contributed by atoms with van der Waals surface area (Å²) in [7, 11) is 0. The molecule has 1 heterocycles. The molecule has 1 aliphatic rings. The predicted molar refractivity (Wildman–Crippen MR) is 61.9 cm³/mol. The maximum Gasteiger partial charge on any atom is 0.387 e. The Morgan fingerprint density at radius 1 is 1.29 bits per heavy atom. The molecule has 6 heteroatoms. The second-order valence-electron chi connectivity index (χ2n) is 3.53. The summed E-state index contributed by atoms with van der Waals surface area (Å²) < 4.78 is 33.4. The van der Waals surface area contributed by atoms with Gasteiger partial charge in [-0.3, -0.25) is 0 Å². The molecule has 0 spiro atoms. The molecule has 0 unspecified atom stereocenters. The van der Waals surface area contributed by atoms with E-state index in [1.54, 1.807) is 12.1 Å². The molecule has 1 aromatic rings. The van der Waals surface area contributed by atoms with Crippen molar-refractivity contribution < 1.29 is 18.3 Å². The maximum atomic E-state index is 11.9. The van der Waals surface area contributed by atoms with Gasteiger partial charge in [-0.1, -0.05) is 12.1 Å². The number of rotatable bonds is 3. The third kappa shape index (κ3) is 4.11. The highest BCUT2D eigenvalue weighted by Crippen LogP contribution is 2.20. The lowest BCUT2D eigenvalue weighted by molar-refractivity contribution is -0.0498. The van der Waals surface area contributed by atoms with E-state index in [4.69, 9.17) is 4.74 Å². The molecule has 0 bridgehead atoms. The number of hydrogen-bond donors (Lipinski definition) is 1. The van der Waals surface area contributed by atoms with E-state index in [1.165, 1.54) is 12.1 Å². The molecule has 0 aliphatic carbocycles. The van der Waals surface area contributed by atoms with E-state index in [-0.39, 0.29) is 24.2 Å². The second kappa shape index (κ2) is 6.74. The minimum absolute atomic E-state index is 0. The minimum atomic E-state index is -2.78. The summed E-state index contributed by atoms with van der Waals surface area (Å²) in [6.07, 6.45) is 0. The van der Waals surface area contributed by atoms with Gasteiger partial charge in [0.05, 0.1) is 19.3 Å². The van der Waals surface area contributed by atoms with Crippen LogP contribution in [0.3, 0.4) is 0 Å². The van der Waals surface area contributed by atoms with Crippen molar-refractivity contribution in [3.05, 3.63) is 29.8 Å². The van der Waals surface area contributed by atoms with Crippen LogP contribution in [-0.2, 0) is 4.74 Å². The first-order valence-electron chi connectivity index (χ1n) is 5.11.